The number of hydrogen-bond donors (Lipinski definition) is 1. The minimum Gasteiger partial charge on any atom is -0.353 e. The predicted octanol–water partition coefficient (Wildman–Crippen LogP) is 4.51. The van der Waals surface area contributed by atoms with Gasteiger partial charge in [0.2, 0.25) is 0 Å². The second-order valence-electron chi connectivity index (χ2n) is 6.66. The van der Waals surface area contributed by atoms with Crippen LogP contribution < -0.4 is 5.56 Å². The van der Waals surface area contributed by atoms with Crippen LogP contribution >= 0.6 is 11.8 Å². The molecule has 1 aromatic carbocycles. The molecule has 0 fully saturated rings. The zero-order chi connectivity index (χ0) is 18.0. The molecule has 0 aliphatic heterocycles. The van der Waals surface area contributed by atoms with Gasteiger partial charge in [0.05, 0.1) is 5.52 Å². The minimum absolute atomic E-state index is 0.0412. The highest BCUT2D eigenvalue weighted by atomic mass is 32.2. The number of aromatic nitrogens is 3. The van der Waals surface area contributed by atoms with Crippen LogP contribution in [0.15, 0.2) is 40.3 Å². The van der Waals surface area contributed by atoms with Crippen molar-refractivity contribution in [2.45, 2.75) is 44.6 Å². The highest BCUT2D eigenvalue weighted by Crippen LogP contribution is 2.23. The molecule has 2 heterocycles. The molecule has 132 valence electrons. The molecule has 0 radical (unpaired) electrons. The lowest BCUT2D eigenvalue weighted by molar-refractivity contribution is 0.480. The average Bonchev–Trinajstić information content (AvgIpc) is 2.93. The Labute approximate surface area is 150 Å². The topological polar surface area (TPSA) is 50.7 Å². The summed E-state index contributed by atoms with van der Waals surface area (Å²) in [5.41, 5.74) is 2.99. The molecule has 4 nitrogen and oxygen atoms in total. The summed E-state index contributed by atoms with van der Waals surface area (Å²) in [4.78, 5) is 20.6. The zero-order valence-corrected chi connectivity index (χ0v) is 15.5. The Morgan fingerprint density at radius 3 is 2.84 bits per heavy atom. The Morgan fingerprint density at radius 2 is 2.12 bits per heavy atom. The molecule has 0 amide bonds. The van der Waals surface area contributed by atoms with Crippen LogP contribution in [0.2, 0.25) is 0 Å². The zero-order valence-electron chi connectivity index (χ0n) is 14.7. The molecular formula is C19H22FN3OS. The van der Waals surface area contributed by atoms with Crippen LogP contribution in [-0.4, -0.2) is 14.5 Å². The quantitative estimate of drug-likeness (QED) is 0.520. The third-order valence-corrected chi connectivity index (χ3v) is 5.07. The number of rotatable bonds is 6. The summed E-state index contributed by atoms with van der Waals surface area (Å²) < 4.78 is 15.1. The van der Waals surface area contributed by atoms with E-state index in [1.54, 1.807) is 10.6 Å². The number of hydrogen-bond acceptors (Lipinski definition) is 3. The van der Waals surface area contributed by atoms with Crippen molar-refractivity contribution in [3.63, 3.8) is 0 Å². The molecule has 0 saturated heterocycles. The number of benzene rings is 1. The second-order valence-corrected chi connectivity index (χ2v) is 7.61. The van der Waals surface area contributed by atoms with E-state index in [0.717, 1.165) is 17.7 Å². The number of thioether (sulfide) groups is 1. The lowest BCUT2D eigenvalue weighted by Crippen LogP contribution is -2.24. The summed E-state index contributed by atoms with van der Waals surface area (Å²) in [5.74, 6) is 0.815. The maximum Gasteiger partial charge on any atom is 0.278 e. The van der Waals surface area contributed by atoms with Gasteiger partial charge in [-0.05, 0) is 43.0 Å². The standard InChI is InChI=1S/C19H22FN3OS/c1-12(2)7-8-23-18(24)17-16(9-13(3)21-17)22-19(23)25-11-14-5-4-6-15(20)10-14/h4-6,9-10,12,21H,7-8,11H2,1-3H3. The molecule has 0 aliphatic carbocycles. The fraction of sp³-hybridized carbons (Fsp3) is 0.368. The molecule has 0 unspecified atom stereocenters. The van der Waals surface area contributed by atoms with Crippen molar-refractivity contribution >= 4 is 22.8 Å². The van der Waals surface area contributed by atoms with Crippen molar-refractivity contribution in [2.75, 3.05) is 0 Å². The number of H-pyrrole nitrogens is 1. The predicted molar refractivity (Wildman–Crippen MR) is 101 cm³/mol. The summed E-state index contributed by atoms with van der Waals surface area (Å²) >= 11 is 1.47. The van der Waals surface area contributed by atoms with Gasteiger partial charge in [0.25, 0.3) is 5.56 Å². The van der Waals surface area contributed by atoms with E-state index < -0.39 is 0 Å². The van der Waals surface area contributed by atoms with Gasteiger partial charge in [0, 0.05) is 18.0 Å². The molecule has 25 heavy (non-hydrogen) atoms. The highest BCUT2D eigenvalue weighted by Gasteiger charge is 2.14. The smallest absolute Gasteiger partial charge is 0.278 e. The monoisotopic (exact) mass is 359 g/mol. The van der Waals surface area contributed by atoms with E-state index in [0.29, 0.717) is 34.4 Å². The first-order valence-electron chi connectivity index (χ1n) is 8.41. The van der Waals surface area contributed by atoms with E-state index in [4.69, 9.17) is 0 Å². The Balaban J connectivity index is 1.96. The van der Waals surface area contributed by atoms with Crippen LogP contribution in [0.3, 0.4) is 0 Å². The molecule has 1 N–H and O–H groups in total. The summed E-state index contributed by atoms with van der Waals surface area (Å²) in [6.45, 7) is 6.81. The van der Waals surface area contributed by atoms with Crippen LogP contribution in [0.1, 0.15) is 31.5 Å². The van der Waals surface area contributed by atoms with Gasteiger partial charge in [-0.2, -0.15) is 0 Å². The van der Waals surface area contributed by atoms with E-state index >= 15 is 0 Å². The summed E-state index contributed by atoms with van der Waals surface area (Å²) in [7, 11) is 0. The summed E-state index contributed by atoms with van der Waals surface area (Å²) in [6, 6.07) is 8.41. The van der Waals surface area contributed by atoms with Gasteiger partial charge in [0.15, 0.2) is 5.16 Å². The number of nitrogens with one attached hydrogen (secondary N) is 1. The molecule has 0 bridgehead atoms. The molecule has 2 aromatic heterocycles. The lowest BCUT2D eigenvalue weighted by atomic mass is 10.1. The third-order valence-electron chi connectivity index (χ3n) is 4.02. The third kappa shape index (κ3) is 4.12. The van der Waals surface area contributed by atoms with Gasteiger partial charge in [-0.25, -0.2) is 9.37 Å². The molecule has 3 aromatic rings. The summed E-state index contributed by atoms with van der Waals surface area (Å²) in [6.07, 6.45) is 0.903. The van der Waals surface area contributed by atoms with E-state index in [-0.39, 0.29) is 11.4 Å². The number of aromatic amines is 1. The second kappa shape index (κ2) is 7.44. The number of nitrogens with zero attached hydrogens (tertiary/aromatic N) is 2. The maximum atomic E-state index is 13.4. The van der Waals surface area contributed by atoms with Crippen molar-refractivity contribution in [1.29, 1.82) is 0 Å². The first-order chi connectivity index (χ1) is 11.9. The van der Waals surface area contributed by atoms with Gasteiger partial charge in [0.1, 0.15) is 11.3 Å². The first kappa shape index (κ1) is 17.7. The van der Waals surface area contributed by atoms with Gasteiger partial charge < -0.3 is 4.98 Å². The van der Waals surface area contributed by atoms with Crippen molar-refractivity contribution in [3.05, 3.63) is 57.8 Å². The SMILES string of the molecule is Cc1cc2nc(SCc3cccc(F)c3)n(CCC(C)C)c(=O)c2[nH]1. The molecule has 3 rings (SSSR count). The van der Waals surface area contributed by atoms with Crippen molar-refractivity contribution in [1.82, 2.24) is 14.5 Å². The summed E-state index contributed by atoms with van der Waals surface area (Å²) in [5, 5.41) is 0.682. The maximum absolute atomic E-state index is 13.4. The first-order valence-corrected chi connectivity index (χ1v) is 9.40. The van der Waals surface area contributed by atoms with E-state index in [9.17, 15) is 9.18 Å². The van der Waals surface area contributed by atoms with Gasteiger partial charge in [-0.1, -0.05) is 37.7 Å². The Kier molecular flexibility index (Phi) is 5.27. The van der Waals surface area contributed by atoms with Crippen LogP contribution in [0, 0.1) is 18.7 Å². The largest absolute Gasteiger partial charge is 0.353 e. The number of aryl methyl sites for hydroxylation is 1. The molecule has 6 heteroatoms. The van der Waals surface area contributed by atoms with E-state index in [1.807, 2.05) is 19.1 Å². The molecule has 0 spiro atoms. The highest BCUT2D eigenvalue weighted by molar-refractivity contribution is 7.98. The van der Waals surface area contributed by atoms with Crippen LogP contribution in [0.4, 0.5) is 4.39 Å². The van der Waals surface area contributed by atoms with E-state index in [1.165, 1.54) is 23.9 Å². The van der Waals surface area contributed by atoms with Gasteiger partial charge in [-0.15, -0.1) is 0 Å². The van der Waals surface area contributed by atoms with Crippen LogP contribution in [0.5, 0.6) is 0 Å². The Morgan fingerprint density at radius 1 is 1.32 bits per heavy atom. The molecule has 0 saturated carbocycles. The Bertz CT molecular complexity index is 945. The number of fused-ring (bicyclic) bond motifs is 1. The van der Waals surface area contributed by atoms with Gasteiger partial charge >= 0.3 is 0 Å². The van der Waals surface area contributed by atoms with Crippen molar-refractivity contribution in [3.8, 4) is 0 Å². The van der Waals surface area contributed by atoms with Crippen LogP contribution in [-0.2, 0) is 12.3 Å². The fourth-order valence-corrected chi connectivity index (χ4v) is 3.65. The van der Waals surface area contributed by atoms with E-state index in [2.05, 4.69) is 23.8 Å². The van der Waals surface area contributed by atoms with Crippen LogP contribution in [0.25, 0.3) is 11.0 Å². The molecular weight excluding hydrogens is 337 g/mol. The van der Waals surface area contributed by atoms with Gasteiger partial charge in [-0.3, -0.25) is 9.36 Å². The Hall–Kier alpha value is -2.08. The normalized spacial score (nSPS) is 11.6. The minimum atomic E-state index is -0.250. The van der Waals surface area contributed by atoms with Crippen molar-refractivity contribution in [2.24, 2.45) is 5.92 Å². The van der Waals surface area contributed by atoms with Crippen molar-refractivity contribution < 1.29 is 4.39 Å². The number of halogens is 1. The molecule has 0 atom stereocenters. The lowest BCUT2D eigenvalue weighted by Gasteiger charge is -2.13. The average molecular weight is 359 g/mol. The fourth-order valence-electron chi connectivity index (χ4n) is 2.68. The molecule has 0 aliphatic rings.